The smallest absolute Gasteiger partial charge is 0.287 e. The standard InChI is InChI=1S/C7H13N2O2/c1-2-3-4-5-6(9-11)7(8)10/h8,11H,2-5H2,1H3. The zero-order valence-corrected chi connectivity index (χ0v) is 6.63. The van der Waals surface area contributed by atoms with Crippen LogP contribution in [-0.2, 0) is 4.79 Å². The summed E-state index contributed by atoms with van der Waals surface area (Å²) in [5, 5.41) is 11.0. The van der Waals surface area contributed by atoms with Crippen LogP contribution in [0.2, 0.25) is 0 Å². The van der Waals surface area contributed by atoms with Gasteiger partial charge in [-0.05, 0) is 12.8 Å². The minimum absolute atomic E-state index is 0.0431. The lowest BCUT2D eigenvalue weighted by Gasteiger charge is -1.96. The molecular formula is C7H13N2O2. The van der Waals surface area contributed by atoms with Gasteiger partial charge in [-0.2, -0.15) is 0 Å². The van der Waals surface area contributed by atoms with E-state index in [0.717, 1.165) is 19.3 Å². The Bertz CT molecular complexity index is 155. The highest BCUT2D eigenvalue weighted by Gasteiger charge is 2.06. The maximum absolute atomic E-state index is 10.3. The second-order valence-electron chi connectivity index (χ2n) is 2.33. The van der Waals surface area contributed by atoms with Crippen molar-refractivity contribution in [2.45, 2.75) is 32.6 Å². The van der Waals surface area contributed by atoms with Crippen molar-refractivity contribution in [2.24, 2.45) is 5.16 Å². The van der Waals surface area contributed by atoms with E-state index < -0.39 is 5.91 Å². The summed E-state index contributed by atoms with van der Waals surface area (Å²) in [7, 11) is 0. The molecule has 0 spiro atoms. The number of oxime groups is 1. The van der Waals surface area contributed by atoms with Gasteiger partial charge in [0.15, 0.2) is 0 Å². The Labute approximate surface area is 66.1 Å². The summed E-state index contributed by atoms with van der Waals surface area (Å²) in [6, 6.07) is 0. The van der Waals surface area contributed by atoms with E-state index in [1.807, 2.05) is 6.92 Å². The summed E-state index contributed by atoms with van der Waals surface area (Å²) in [6.45, 7) is 2.04. The van der Waals surface area contributed by atoms with Crippen molar-refractivity contribution in [1.29, 1.82) is 0 Å². The molecule has 2 N–H and O–H groups in total. The highest BCUT2D eigenvalue weighted by Crippen LogP contribution is 2.00. The number of rotatable bonds is 5. The summed E-state index contributed by atoms with van der Waals surface area (Å²) in [5.41, 5.74) is 6.60. The summed E-state index contributed by atoms with van der Waals surface area (Å²) in [6.07, 6.45) is 3.25. The van der Waals surface area contributed by atoms with Gasteiger partial charge >= 0.3 is 0 Å². The first-order valence-electron chi connectivity index (χ1n) is 3.69. The second-order valence-corrected chi connectivity index (χ2v) is 2.33. The highest BCUT2D eigenvalue weighted by molar-refractivity contribution is 6.37. The summed E-state index contributed by atoms with van der Waals surface area (Å²) in [4.78, 5) is 10.3. The average molecular weight is 157 g/mol. The van der Waals surface area contributed by atoms with Gasteiger partial charge in [-0.1, -0.05) is 24.9 Å². The Morgan fingerprint density at radius 1 is 1.55 bits per heavy atom. The number of unbranched alkanes of at least 4 members (excludes halogenated alkanes) is 2. The fourth-order valence-electron chi connectivity index (χ4n) is 0.751. The topological polar surface area (TPSA) is 73.5 Å². The molecule has 0 aromatic carbocycles. The number of carbonyl (C=O) groups is 1. The molecule has 0 saturated carbocycles. The van der Waals surface area contributed by atoms with Gasteiger partial charge in [-0.3, -0.25) is 10.5 Å². The lowest BCUT2D eigenvalue weighted by atomic mass is 10.1. The molecular weight excluding hydrogens is 144 g/mol. The molecule has 0 saturated heterocycles. The maximum atomic E-state index is 10.3. The van der Waals surface area contributed by atoms with E-state index >= 15 is 0 Å². The Morgan fingerprint density at radius 3 is 2.55 bits per heavy atom. The highest BCUT2D eigenvalue weighted by atomic mass is 16.4. The van der Waals surface area contributed by atoms with Crippen LogP contribution in [0.5, 0.6) is 0 Å². The Kier molecular flexibility index (Phi) is 5.15. The van der Waals surface area contributed by atoms with E-state index in [4.69, 9.17) is 10.9 Å². The van der Waals surface area contributed by atoms with Crippen LogP contribution in [0.1, 0.15) is 32.6 Å². The van der Waals surface area contributed by atoms with Crippen LogP contribution in [0.25, 0.3) is 0 Å². The molecule has 11 heavy (non-hydrogen) atoms. The van der Waals surface area contributed by atoms with Crippen LogP contribution in [0.4, 0.5) is 0 Å². The molecule has 4 heteroatoms. The molecule has 4 nitrogen and oxygen atoms in total. The van der Waals surface area contributed by atoms with E-state index in [-0.39, 0.29) is 5.71 Å². The molecule has 0 aromatic heterocycles. The summed E-state index contributed by atoms with van der Waals surface area (Å²) < 4.78 is 0. The Balaban J connectivity index is 3.63. The average Bonchev–Trinajstić information content (AvgIpc) is 1.97. The van der Waals surface area contributed by atoms with Crippen molar-refractivity contribution in [3.8, 4) is 0 Å². The van der Waals surface area contributed by atoms with Gasteiger partial charge in [-0.25, -0.2) is 0 Å². The molecule has 1 amide bonds. The molecule has 0 aromatic rings. The molecule has 0 rings (SSSR count). The van der Waals surface area contributed by atoms with Crippen molar-refractivity contribution in [3.63, 3.8) is 0 Å². The van der Waals surface area contributed by atoms with Crippen molar-refractivity contribution in [1.82, 2.24) is 5.73 Å². The number of hydrogen-bond donors (Lipinski definition) is 1. The van der Waals surface area contributed by atoms with E-state index in [1.54, 1.807) is 0 Å². The normalized spacial score (nSPS) is 11.5. The van der Waals surface area contributed by atoms with Crippen LogP contribution in [0, 0.1) is 0 Å². The largest absolute Gasteiger partial charge is 0.410 e. The van der Waals surface area contributed by atoms with Crippen LogP contribution < -0.4 is 5.73 Å². The number of nitrogens with zero attached hydrogens (tertiary/aromatic N) is 1. The van der Waals surface area contributed by atoms with E-state index in [0.29, 0.717) is 6.42 Å². The van der Waals surface area contributed by atoms with Gasteiger partial charge in [-0.15, -0.1) is 0 Å². The van der Waals surface area contributed by atoms with Gasteiger partial charge in [0.05, 0.1) is 0 Å². The zero-order valence-electron chi connectivity index (χ0n) is 6.63. The van der Waals surface area contributed by atoms with Crippen molar-refractivity contribution >= 4 is 11.6 Å². The molecule has 0 unspecified atom stereocenters. The molecule has 0 aliphatic heterocycles. The third kappa shape index (κ3) is 4.36. The quantitative estimate of drug-likeness (QED) is 0.282. The number of carbonyl (C=O) groups excluding carboxylic acids is 1. The molecule has 0 atom stereocenters. The first-order chi connectivity index (χ1) is 5.22. The lowest BCUT2D eigenvalue weighted by molar-refractivity contribution is -0.112. The first-order valence-corrected chi connectivity index (χ1v) is 3.69. The van der Waals surface area contributed by atoms with Crippen molar-refractivity contribution < 1.29 is 10.0 Å². The maximum Gasteiger partial charge on any atom is 0.287 e. The third-order valence-corrected chi connectivity index (χ3v) is 1.40. The minimum Gasteiger partial charge on any atom is -0.410 e. The summed E-state index contributed by atoms with van der Waals surface area (Å²) in [5.74, 6) is -0.886. The van der Waals surface area contributed by atoms with Gasteiger partial charge in [0.2, 0.25) is 0 Å². The van der Waals surface area contributed by atoms with Crippen LogP contribution >= 0.6 is 0 Å². The minimum atomic E-state index is -0.886. The third-order valence-electron chi connectivity index (χ3n) is 1.40. The van der Waals surface area contributed by atoms with Gasteiger partial charge in [0, 0.05) is 0 Å². The van der Waals surface area contributed by atoms with Gasteiger partial charge < -0.3 is 5.21 Å². The Morgan fingerprint density at radius 2 is 2.18 bits per heavy atom. The molecule has 0 aliphatic carbocycles. The van der Waals surface area contributed by atoms with Gasteiger partial charge in [0.25, 0.3) is 5.91 Å². The molecule has 63 valence electrons. The zero-order chi connectivity index (χ0) is 8.69. The SMILES string of the molecule is CCCCCC(=NO)C([NH])=O. The summed E-state index contributed by atoms with van der Waals surface area (Å²) >= 11 is 0. The molecule has 1 radical (unpaired) electrons. The molecule has 0 heterocycles. The molecule has 0 bridgehead atoms. The van der Waals surface area contributed by atoms with Crippen LogP contribution in [0.3, 0.4) is 0 Å². The lowest BCUT2D eigenvalue weighted by Crippen LogP contribution is -2.14. The van der Waals surface area contributed by atoms with E-state index in [9.17, 15) is 4.79 Å². The molecule has 0 fully saturated rings. The predicted molar refractivity (Wildman–Crippen MR) is 41.5 cm³/mol. The van der Waals surface area contributed by atoms with Crippen LogP contribution in [0.15, 0.2) is 5.16 Å². The number of hydrogen-bond acceptors (Lipinski definition) is 3. The predicted octanol–water partition coefficient (Wildman–Crippen LogP) is 1.21. The monoisotopic (exact) mass is 157 g/mol. The van der Waals surface area contributed by atoms with Gasteiger partial charge in [0.1, 0.15) is 5.71 Å². The van der Waals surface area contributed by atoms with E-state index in [1.165, 1.54) is 0 Å². The first kappa shape index (κ1) is 9.94. The fourth-order valence-corrected chi connectivity index (χ4v) is 0.751. The Hall–Kier alpha value is -1.06. The fraction of sp³-hybridized carbons (Fsp3) is 0.714. The van der Waals surface area contributed by atoms with Crippen molar-refractivity contribution in [3.05, 3.63) is 0 Å². The van der Waals surface area contributed by atoms with E-state index in [2.05, 4.69) is 5.16 Å². The van der Waals surface area contributed by atoms with Crippen molar-refractivity contribution in [2.75, 3.05) is 0 Å². The number of amides is 1. The number of nitrogens with one attached hydrogen (secondary N) is 1. The van der Waals surface area contributed by atoms with Crippen LogP contribution in [-0.4, -0.2) is 16.8 Å². The molecule has 0 aliphatic rings. The second kappa shape index (κ2) is 5.70.